The summed E-state index contributed by atoms with van der Waals surface area (Å²) in [5.41, 5.74) is -0.441. The number of rotatable bonds is 3. The summed E-state index contributed by atoms with van der Waals surface area (Å²) in [7, 11) is 0. The van der Waals surface area contributed by atoms with Crippen LogP contribution in [0.2, 0.25) is 0 Å². The Morgan fingerprint density at radius 3 is 2.68 bits per heavy atom. The molecule has 6 nitrogen and oxygen atoms in total. The summed E-state index contributed by atoms with van der Waals surface area (Å²) in [6.07, 6.45) is 1.27. The molecule has 0 radical (unpaired) electrons. The van der Waals surface area contributed by atoms with Crippen molar-refractivity contribution in [1.29, 1.82) is 0 Å². The minimum atomic E-state index is -0.441. The van der Waals surface area contributed by atoms with Crippen LogP contribution in [0.15, 0.2) is 0 Å². The van der Waals surface area contributed by atoms with E-state index < -0.39 is 5.60 Å². The molecule has 2 N–H and O–H groups in total. The lowest BCUT2D eigenvalue weighted by molar-refractivity contribution is -0.119. The summed E-state index contributed by atoms with van der Waals surface area (Å²) >= 11 is 0. The summed E-state index contributed by atoms with van der Waals surface area (Å²) in [5.74, 6) is 0.135. The van der Waals surface area contributed by atoms with Gasteiger partial charge in [0, 0.05) is 38.1 Å². The molecule has 0 aromatic rings. The van der Waals surface area contributed by atoms with Crippen LogP contribution >= 0.6 is 0 Å². The molecule has 0 bridgehead atoms. The smallest absolute Gasteiger partial charge is 0.410 e. The highest BCUT2D eigenvalue weighted by Crippen LogP contribution is 2.15. The van der Waals surface area contributed by atoms with Crippen molar-refractivity contribution in [3.8, 4) is 0 Å². The van der Waals surface area contributed by atoms with Crippen molar-refractivity contribution in [2.45, 2.75) is 51.3 Å². The Balaban J connectivity index is 1.61. The lowest BCUT2D eigenvalue weighted by Gasteiger charge is -2.40. The summed E-state index contributed by atoms with van der Waals surface area (Å²) < 4.78 is 5.28. The second-order valence-electron chi connectivity index (χ2n) is 6.29. The molecule has 0 saturated carbocycles. The van der Waals surface area contributed by atoms with Gasteiger partial charge in [0.15, 0.2) is 0 Å². The third-order valence-corrected chi connectivity index (χ3v) is 3.27. The second kappa shape index (κ2) is 5.36. The normalized spacial score (nSPS) is 24.1. The third-order valence-electron chi connectivity index (χ3n) is 3.27. The van der Waals surface area contributed by atoms with Gasteiger partial charge in [-0.15, -0.1) is 0 Å². The molecule has 2 saturated heterocycles. The molecule has 0 aromatic heterocycles. The fourth-order valence-corrected chi connectivity index (χ4v) is 2.22. The highest BCUT2D eigenvalue weighted by atomic mass is 16.6. The van der Waals surface area contributed by atoms with Crippen molar-refractivity contribution in [3.05, 3.63) is 0 Å². The maximum absolute atomic E-state index is 11.7. The summed E-state index contributed by atoms with van der Waals surface area (Å²) in [4.78, 5) is 24.4. The third kappa shape index (κ3) is 4.09. The Labute approximate surface area is 113 Å². The molecule has 1 atom stereocenters. The van der Waals surface area contributed by atoms with Gasteiger partial charge in [0.25, 0.3) is 0 Å². The number of ether oxygens (including phenoxy) is 1. The maximum atomic E-state index is 11.7. The standard InChI is InChI=1S/C13H23N3O3/c1-13(2,3)19-12(18)16-7-10(8-16)14-6-9-4-5-11(17)15-9/h9-10,14H,4-8H2,1-3H3,(H,15,17). The average Bonchev–Trinajstić information content (AvgIpc) is 2.59. The van der Waals surface area contributed by atoms with E-state index in [4.69, 9.17) is 4.74 Å². The molecule has 2 rings (SSSR count). The monoisotopic (exact) mass is 269 g/mol. The largest absolute Gasteiger partial charge is 0.444 e. The zero-order valence-corrected chi connectivity index (χ0v) is 11.9. The maximum Gasteiger partial charge on any atom is 0.410 e. The molecular formula is C13H23N3O3. The highest BCUT2D eigenvalue weighted by molar-refractivity contribution is 5.78. The molecule has 2 amide bonds. The van der Waals surface area contributed by atoms with Gasteiger partial charge < -0.3 is 20.3 Å². The first-order chi connectivity index (χ1) is 8.83. The molecule has 6 heteroatoms. The number of hydrogen-bond acceptors (Lipinski definition) is 4. The number of hydrogen-bond donors (Lipinski definition) is 2. The molecule has 1 unspecified atom stereocenters. The van der Waals surface area contributed by atoms with Crippen LogP contribution in [-0.4, -0.2) is 54.2 Å². The van der Waals surface area contributed by atoms with Crippen LogP contribution in [0.4, 0.5) is 4.79 Å². The van der Waals surface area contributed by atoms with E-state index >= 15 is 0 Å². The van der Waals surface area contributed by atoms with Crippen molar-refractivity contribution in [3.63, 3.8) is 0 Å². The Morgan fingerprint density at radius 1 is 1.47 bits per heavy atom. The molecule has 2 fully saturated rings. The summed E-state index contributed by atoms with van der Waals surface area (Å²) in [5, 5.41) is 6.28. The fraction of sp³-hybridized carbons (Fsp3) is 0.846. The molecular weight excluding hydrogens is 246 g/mol. The SMILES string of the molecule is CC(C)(C)OC(=O)N1CC(NCC2CCC(=O)N2)C1. The van der Waals surface area contributed by atoms with Gasteiger partial charge in [0.05, 0.1) is 0 Å². The van der Waals surface area contributed by atoms with E-state index in [1.165, 1.54) is 0 Å². The Bertz CT molecular complexity index is 359. The van der Waals surface area contributed by atoms with Crippen LogP contribution in [-0.2, 0) is 9.53 Å². The highest BCUT2D eigenvalue weighted by Gasteiger charge is 2.34. The molecule has 2 heterocycles. The fourth-order valence-electron chi connectivity index (χ4n) is 2.22. The first kappa shape index (κ1) is 14.1. The quantitative estimate of drug-likeness (QED) is 0.781. The zero-order chi connectivity index (χ0) is 14.0. The predicted octanol–water partition coefficient (Wildman–Crippen LogP) is 0.474. The van der Waals surface area contributed by atoms with Gasteiger partial charge in [-0.25, -0.2) is 4.79 Å². The topological polar surface area (TPSA) is 70.7 Å². The second-order valence-corrected chi connectivity index (χ2v) is 6.29. The summed E-state index contributed by atoms with van der Waals surface area (Å²) in [6.45, 7) is 7.72. The van der Waals surface area contributed by atoms with Gasteiger partial charge >= 0.3 is 6.09 Å². The van der Waals surface area contributed by atoms with E-state index in [2.05, 4.69) is 10.6 Å². The van der Waals surface area contributed by atoms with Crippen molar-refractivity contribution in [2.24, 2.45) is 0 Å². The number of carbonyl (C=O) groups is 2. The molecule has 0 spiro atoms. The minimum absolute atomic E-state index is 0.135. The van der Waals surface area contributed by atoms with Crippen LogP contribution in [0.25, 0.3) is 0 Å². The molecule has 2 aliphatic rings. The number of nitrogens with one attached hydrogen (secondary N) is 2. The van der Waals surface area contributed by atoms with Crippen LogP contribution < -0.4 is 10.6 Å². The van der Waals surface area contributed by atoms with Crippen LogP contribution in [0, 0.1) is 0 Å². The number of amides is 2. The van der Waals surface area contributed by atoms with Crippen LogP contribution in [0.3, 0.4) is 0 Å². The number of nitrogens with zero attached hydrogens (tertiary/aromatic N) is 1. The lowest BCUT2D eigenvalue weighted by atomic mass is 10.1. The number of likely N-dealkylation sites (tertiary alicyclic amines) is 1. The molecule has 2 aliphatic heterocycles. The number of carbonyl (C=O) groups excluding carboxylic acids is 2. The van der Waals surface area contributed by atoms with Gasteiger partial charge in [-0.2, -0.15) is 0 Å². The van der Waals surface area contributed by atoms with Crippen molar-refractivity contribution < 1.29 is 14.3 Å². The van der Waals surface area contributed by atoms with Gasteiger partial charge in [0.1, 0.15) is 5.60 Å². The van der Waals surface area contributed by atoms with E-state index in [1.807, 2.05) is 20.8 Å². The molecule has 19 heavy (non-hydrogen) atoms. The van der Waals surface area contributed by atoms with E-state index in [-0.39, 0.29) is 18.0 Å². The lowest BCUT2D eigenvalue weighted by Crippen LogP contribution is -2.61. The molecule has 108 valence electrons. The molecule has 0 aliphatic carbocycles. The van der Waals surface area contributed by atoms with Gasteiger partial charge in [0.2, 0.25) is 5.91 Å². The van der Waals surface area contributed by atoms with Crippen molar-refractivity contribution in [2.75, 3.05) is 19.6 Å². The Hall–Kier alpha value is -1.30. The minimum Gasteiger partial charge on any atom is -0.444 e. The van der Waals surface area contributed by atoms with Crippen molar-refractivity contribution >= 4 is 12.0 Å². The Kier molecular flexibility index (Phi) is 3.99. The zero-order valence-electron chi connectivity index (χ0n) is 11.9. The first-order valence-electron chi connectivity index (χ1n) is 6.84. The predicted molar refractivity (Wildman–Crippen MR) is 70.8 cm³/mol. The van der Waals surface area contributed by atoms with Gasteiger partial charge in [-0.05, 0) is 27.2 Å². The first-order valence-corrected chi connectivity index (χ1v) is 6.84. The van der Waals surface area contributed by atoms with E-state index in [9.17, 15) is 9.59 Å². The van der Waals surface area contributed by atoms with E-state index in [1.54, 1.807) is 4.90 Å². The summed E-state index contributed by atoms with van der Waals surface area (Å²) in [6, 6.07) is 0.549. The van der Waals surface area contributed by atoms with Crippen LogP contribution in [0.5, 0.6) is 0 Å². The van der Waals surface area contributed by atoms with Crippen LogP contribution in [0.1, 0.15) is 33.6 Å². The van der Waals surface area contributed by atoms with E-state index in [0.717, 1.165) is 13.0 Å². The molecule has 0 aromatic carbocycles. The Morgan fingerprint density at radius 2 is 2.16 bits per heavy atom. The average molecular weight is 269 g/mol. The van der Waals surface area contributed by atoms with Gasteiger partial charge in [-0.1, -0.05) is 0 Å². The van der Waals surface area contributed by atoms with E-state index in [0.29, 0.717) is 25.6 Å². The van der Waals surface area contributed by atoms with Crippen molar-refractivity contribution in [1.82, 2.24) is 15.5 Å². The van der Waals surface area contributed by atoms with Gasteiger partial charge in [-0.3, -0.25) is 4.79 Å².